The molecule has 2 saturated carbocycles. The molecule has 0 bridgehead atoms. The fraction of sp³-hybridized carbons (Fsp3) is 0.500. The fourth-order valence-corrected chi connectivity index (χ4v) is 3.03. The van der Waals surface area contributed by atoms with Crippen LogP contribution in [0.1, 0.15) is 42.0 Å². The van der Waals surface area contributed by atoms with Crippen molar-refractivity contribution in [3.05, 3.63) is 34.9 Å². The van der Waals surface area contributed by atoms with Gasteiger partial charge in [-0.1, -0.05) is 18.2 Å². The number of rotatable bonds is 4. The van der Waals surface area contributed by atoms with Gasteiger partial charge in [0.15, 0.2) is 6.04 Å². The van der Waals surface area contributed by atoms with Crippen LogP contribution in [0.3, 0.4) is 0 Å². The molecule has 2 aliphatic rings. The average Bonchev–Trinajstić information content (AvgIpc) is 3.31. The molecule has 2 unspecified atom stereocenters. The number of benzene rings is 1. The molecule has 0 aliphatic heterocycles. The normalized spacial score (nSPS) is 23.2. The van der Waals surface area contributed by atoms with Crippen LogP contribution in [0.2, 0.25) is 0 Å². The van der Waals surface area contributed by atoms with Crippen molar-refractivity contribution in [2.75, 3.05) is 0 Å². The summed E-state index contributed by atoms with van der Waals surface area (Å²) in [7, 11) is 0. The lowest BCUT2D eigenvalue weighted by Gasteiger charge is -2.18. The standard InChI is InChI=1S/C16H19NO3/c1-9-4-3-5-11(10(9)2)13(15(19)20)17-14(18)12-8-16(12)6-7-16/h3-5,12-13H,6-8H2,1-2H3,(H,17,18)(H,19,20). The van der Waals surface area contributed by atoms with Crippen molar-refractivity contribution in [3.63, 3.8) is 0 Å². The predicted molar refractivity (Wildman–Crippen MR) is 74.2 cm³/mol. The predicted octanol–water partition coefficient (Wildman–Crippen LogP) is 2.35. The quantitative estimate of drug-likeness (QED) is 0.885. The lowest BCUT2D eigenvalue weighted by Crippen LogP contribution is -2.35. The Morgan fingerprint density at radius 2 is 2.05 bits per heavy atom. The van der Waals surface area contributed by atoms with Gasteiger partial charge >= 0.3 is 5.97 Å². The van der Waals surface area contributed by atoms with Crippen molar-refractivity contribution in [2.24, 2.45) is 11.3 Å². The first-order chi connectivity index (χ1) is 9.44. The number of carboxylic acids is 1. The molecule has 0 saturated heterocycles. The maximum Gasteiger partial charge on any atom is 0.330 e. The van der Waals surface area contributed by atoms with Crippen LogP contribution in [0, 0.1) is 25.2 Å². The largest absolute Gasteiger partial charge is 0.479 e. The second kappa shape index (κ2) is 4.33. The van der Waals surface area contributed by atoms with Crippen LogP contribution in [-0.2, 0) is 9.59 Å². The molecular formula is C16H19NO3. The van der Waals surface area contributed by atoms with Crippen LogP contribution in [0.4, 0.5) is 0 Å². The first-order valence-corrected chi connectivity index (χ1v) is 7.04. The molecule has 20 heavy (non-hydrogen) atoms. The Kier molecular flexibility index (Phi) is 2.85. The fourth-order valence-electron chi connectivity index (χ4n) is 3.03. The number of aryl methyl sites for hydroxylation is 1. The van der Waals surface area contributed by atoms with Crippen LogP contribution in [-0.4, -0.2) is 17.0 Å². The number of aliphatic carboxylic acids is 1. The Labute approximate surface area is 118 Å². The molecule has 4 nitrogen and oxygen atoms in total. The second-order valence-corrected chi connectivity index (χ2v) is 6.19. The van der Waals surface area contributed by atoms with Gasteiger partial charge < -0.3 is 10.4 Å². The highest BCUT2D eigenvalue weighted by molar-refractivity contribution is 5.88. The van der Waals surface area contributed by atoms with Gasteiger partial charge in [-0.15, -0.1) is 0 Å². The summed E-state index contributed by atoms with van der Waals surface area (Å²) < 4.78 is 0. The monoisotopic (exact) mass is 273 g/mol. The van der Waals surface area contributed by atoms with Crippen LogP contribution in [0.5, 0.6) is 0 Å². The molecule has 0 radical (unpaired) electrons. The second-order valence-electron chi connectivity index (χ2n) is 6.19. The summed E-state index contributed by atoms with van der Waals surface area (Å²) in [4.78, 5) is 23.7. The number of carbonyl (C=O) groups excluding carboxylic acids is 1. The lowest BCUT2D eigenvalue weighted by molar-refractivity contribution is -0.142. The first-order valence-electron chi connectivity index (χ1n) is 7.04. The van der Waals surface area contributed by atoms with Gasteiger partial charge in [0.1, 0.15) is 0 Å². The number of nitrogens with one attached hydrogen (secondary N) is 1. The number of carboxylic acid groups (broad SMARTS) is 1. The van der Waals surface area contributed by atoms with E-state index in [0.717, 1.165) is 30.4 Å². The molecule has 0 aromatic heterocycles. The van der Waals surface area contributed by atoms with Gasteiger partial charge in [-0.05, 0) is 55.2 Å². The molecular weight excluding hydrogens is 254 g/mol. The number of hydrogen-bond donors (Lipinski definition) is 2. The van der Waals surface area contributed by atoms with E-state index in [1.807, 2.05) is 26.0 Å². The highest BCUT2D eigenvalue weighted by atomic mass is 16.4. The van der Waals surface area contributed by atoms with E-state index in [1.54, 1.807) is 6.07 Å². The summed E-state index contributed by atoms with van der Waals surface area (Å²) in [6.07, 6.45) is 3.16. The summed E-state index contributed by atoms with van der Waals surface area (Å²) in [5.74, 6) is -1.07. The zero-order valence-electron chi connectivity index (χ0n) is 11.8. The van der Waals surface area contributed by atoms with Crippen LogP contribution >= 0.6 is 0 Å². The first kappa shape index (κ1) is 13.2. The van der Waals surface area contributed by atoms with Crippen LogP contribution in [0.25, 0.3) is 0 Å². The number of carbonyl (C=O) groups is 2. The van der Waals surface area contributed by atoms with Gasteiger partial charge in [-0.2, -0.15) is 0 Å². The summed E-state index contributed by atoms with van der Waals surface area (Å²) in [6.45, 7) is 3.84. The Bertz CT molecular complexity index is 589. The smallest absolute Gasteiger partial charge is 0.330 e. The van der Waals surface area contributed by atoms with Crippen molar-refractivity contribution in [2.45, 2.75) is 39.2 Å². The Hall–Kier alpha value is -1.84. The summed E-state index contributed by atoms with van der Waals surface area (Å²) >= 11 is 0. The molecule has 4 heteroatoms. The zero-order valence-corrected chi connectivity index (χ0v) is 11.8. The zero-order chi connectivity index (χ0) is 14.5. The molecule has 106 valence electrons. The van der Waals surface area contributed by atoms with Crippen molar-refractivity contribution >= 4 is 11.9 Å². The van der Waals surface area contributed by atoms with Gasteiger partial charge in [-0.3, -0.25) is 4.79 Å². The van der Waals surface area contributed by atoms with Gasteiger partial charge in [0.2, 0.25) is 5.91 Å². The summed E-state index contributed by atoms with van der Waals surface area (Å²) in [6, 6.07) is 4.61. The topological polar surface area (TPSA) is 66.4 Å². The third kappa shape index (κ3) is 2.09. The molecule has 2 N–H and O–H groups in total. The SMILES string of the molecule is Cc1cccc(C(NC(=O)C2CC23CC3)C(=O)O)c1C. The van der Waals surface area contributed by atoms with E-state index in [1.165, 1.54) is 0 Å². The van der Waals surface area contributed by atoms with E-state index >= 15 is 0 Å². The van der Waals surface area contributed by atoms with E-state index in [0.29, 0.717) is 5.56 Å². The Balaban J connectivity index is 1.80. The van der Waals surface area contributed by atoms with Crippen molar-refractivity contribution in [3.8, 4) is 0 Å². The maximum absolute atomic E-state index is 12.2. The van der Waals surface area contributed by atoms with Gasteiger partial charge in [0.25, 0.3) is 0 Å². The summed E-state index contributed by atoms with van der Waals surface area (Å²) in [5, 5.41) is 12.1. The third-order valence-corrected chi connectivity index (χ3v) is 4.89. The van der Waals surface area contributed by atoms with Crippen molar-refractivity contribution in [1.82, 2.24) is 5.32 Å². The minimum absolute atomic E-state index is 0.0365. The summed E-state index contributed by atoms with van der Waals surface area (Å²) in [5.41, 5.74) is 2.89. The lowest BCUT2D eigenvalue weighted by atomic mass is 9.97. The highest BCUT2D eigenvalue weighted by Gasteiger charge is 2.65. The van der Waals surface area contributed by atoms with E-state index in [-0.39, 0.29) is 17.2 Å². The van der Waals surface area contributed by atoms with Crippen LogP contribution in [0.15, 0.2) is 18.2 Å². The van der Waals surface area contributed by atoms with Gasteiger partial charge in [0.05, 0.1) is 0 Å². The minimum Gasteiger partial charge on any atom is -0.479 e. The minimum atomic E-state index is -1.00. The Morgan fingerprint density at radius 1 is 1.35 bits per heavy atom. The van der Waals surface area contributed by atoms with E-state index in [2.05, 4.69) is 5.32 Å². The molecule has 2 aliphatic carbocycles. The Morgan fingerprint density at radius 3 is 2.60 bits per heavy atom. The average molecular weight is 273 g/mol. The van der Waals surface area contributed by atoms with Gasteiger partial charge in [0, 0.05) is 5.92 Å². The molecule has 0 heterocycles. The number of hydrogen-bond acceptors (Lipinski definition) is 2. The van der Waals surface area contributed by atoms with Crippen molar-refractivity contribution < 1.29 is 14.7 Å². The molecule has 2 fully saturated rings. The third-order valence-electron chi connectivity index (χ3n) is 4.89. The molecule has 3 rings (SSSR count). The van der Waals surface area contributed by atoms with E-state index in [4.69, 9.17) is 0 Å². The van der Waals surface area contributed by atoms with E-state index < -0.39 is 12.0 Å². The highest BCUT2D eigenvalue weighted by Crippen LogP contribution is 2.70. The van der Waals surface area contributed by atoms with Crippen molar-refractivity contribution in [1.29, 1.82) is 0 Å². The molecule has 2 atom stereocenters. The van der Waals surface area contributed by atoms with Gasteiger partial charge in [-0.25, -0.2) is 4.79 Å². The number of amides is 1. The molecule has 1 spiro atoms. The maximum atomic E-state index is 12.2. The molecule has 1 aromatic rings. The van der Waals surface area contributed by atoms with Crippen LogP contribution < -0.4 is 5.32 Å². The van der Waals surface area contributed by atoms with E-state index in [9.17, 15) is 14.7 Å². The molecule has 1 amide bonds. The molecule has 1 aromatic carbocycles.